The zero-order valence-electron chi connectivity index (χ0n) is 16.2. The Morgan fingerprint density at radius 3 is 2.52 bits per heavy atom. The summed E-state index contributed by atoms with van der Waals surface area (Å²) in [5.74, 6) is -1.02. The molecule has 0 atom stereocenters. The fraction of sp³-hybridized carbons (Fsp3) is 0.227. The molecule has 0 aliphatic carbocycles. The summed E-state index contributed by atoms with van der Waals surface area (Å²) >= 11 is 1.32. The van der Waals surface area contributed by atoms with Crippen LogP contribution in [0, 0.1) is 5.92 Å². The Morgan fingerprint density at radius 2 is 1.76 bits per heavy atom. The third kappa shape index (κ3) is 5.42. The number of fused-ring (bicyclic) bond motifs is 1. The molecule has 3 aromatic rings. The molecule has 0 unspecified atom stereocenters. The van der Waals surface area contributed by atoms with Crippen molar-refractivity contribution in [2.45, 2.75) is 13.8 Å². The number of nitrogens with one attached hydrogen (secondary N) is 2. The van der Waals surface area contributed by atoms with Gasteiger partial charge in [0.2, 0.25) is 0 Å². The summed E-state index contributed by atoms with van der Waals surface area (Å²) in [5.41, 5.74) is 0.731. The van der Waals surface area contributed by atoms with Crippen molar-refractivity contribution in [2.24, 2.45) is 5.92 Å². The summed E-state index contributed by atoms with van der Waals surface area (Å²) in [4.78, 5) is 37.3. The smallest absolute Gasteiger partial charge is 0.348 e. The maximum absolute atomic E-state index is 12.3. The fourth-order valence-corrected chi connectivity index (χ4v) is 3.61. The van der Waals surface area contributed by atoms with Gasteiger partial charge in [0.15, 0.2) is 6.61 Å². The molecule has 3 rings (SSSR count). The van der Waals surface area contributed by atoms with Crippen LogP contribution in [0.2, 0.25) is 0 Å². The van der Waals surface area contributed by atoms with Gasteiger partial charge in [-0.1, -0.05) is 44.2 Å². The first-order valence-electron chi connectivity index (χ1n) is 9.27. The van der Waals surface area contributed by atoms with Crippen molar-refractivity contribution in [3.63, 3.8) is 0 Å². The summed E-state index contributed by atoms with van der Waals surface area (Å²) < 4.78 is 6.11. The van der Waals surface area contributed by atoms with Crippen molar-refractivity contribution < 1.29 is 19.1 Å². The summed E-state index contributed by atoms with van der Waals surface area (Å²) in [6, 6.07) is 16.1. The van der Waals surface area contributed by atoms with Gasteiger partial charge in [-0.2, -0.15) is 0 Å². The average molecular weight is 410 g/mol. The van der Waals surface area contributed by atoms with Crippen LogP contribution in [0.4, 0.5) is 5.69 Å². The number of para-hydroxylation sites is 1. The van der Waals surface area contributed by atoms with E-state index in [0.717, 1.165) is 10.1 Å². The second kappa shape index (κ2) is 9.34. The third-order valence-electron chi connectivity index (χ3n) is 4.08. The van der Waals surface area contributed by atoms with Crippen molar-refractivity contribution in [2.75, 3.05) is 18.5 Å². The van der Waals surface area contributed by atoms with Crippen LogP contribution >= 0.6 is 11.3 Å². The second-order valence-corrected chi connectivity index (χ2v) is 8.01. The number of thiophene rings is 1. The molecule has 7 heteroatoms. The fourth-order valence-electron chi connectivity index (χ4n) is 2.65. The van der Waals surface area contributed by atoms with Crippen LogP contribution in [0.3, 0.4) is 0 Å². The highest BCUT2D eigenvalue weighted by Gasteiger charge is 2.16. The number of benzene rings is 2. The molecule has 2 aromatic carbocycles. The Hall–Kier alpha value is -3.19. The summed E-state index contributed by atoms with van der Waals surface area (Å²) in [5, 5.41) is 6.42. The van der Waals surface area contributed by atoms with E-state index in [4.69, 9.17) is 4.74 Å². The first-order chi connectivity index (χ1) is 13.9. The van der Waals surface area contributed by atoms with Gasteiger partial charge in [-0.15, -0.1) is 11.3 Å². The molecular formula is C22H22N2O4S. The Kier molecular flexibility index (Phi) is 6.61. The molecule has 150 valence electrons. The largest absolute Gasteiger partial charge is 0.451 e. The van der Waals surface area contributed by atoms with Gasteiger partial charge in [-0.05, 0) is 35.6 Å². The van der Waals surface area contributed by atoms with Crippen LogP contribution in [0.15, 0.2) is 54.6 Å². The van der Waals surface area contributed by atoms with Gasteiger partial charge >= 0.3 is 5.97 Å². The number of amides is 2. The number of carbonyl (C=O) groups excluding carboxylic acids is 3. The Morgan fingerprint density at radius 1 is 1.03 bits per heavy atom. The molecule has 29 heavy (non-hydrogen) atoms. The molecule has 0 saturated carbocycles. The van der Waals surface area contributed by atoms with Gasteiger partial charge in [-0.3, -0.25) is 9.59 Å². The quantitative estimate of drug-likeness (QED) is 0.575. The molecule has 6 nitrogen and oxygen atoms in total. The van der Waals surface area contributed by atoms with E-state index in [-0.39, 0.29) is 5.91 Å². The van der Waals surface area contributed by atoms with E-state index < -0.39 is 18.5 Å². The number of hydrogen-bond donors (Lipinski definition) is 2. The highest BCUT2D eigenvalue weighted by molar-refractivity contribution is 7.20. The summed E-state index contributed by atoms with van der Waals surface area (Å²) in [6.45, 7) is 4.10. The molecule has 0 saturated heterocycles. The second-order valence-electron chi connectivity index (χ2n) is 6.92. The van der Waals surface area contributed by atoms with Gasteiger partial charge in [0.1, 0.15) is 4.88 Å². The van der Waals surface area contributed by atoms with E-state index in [1.54, 1.807) is 30.3 Å². The van der Waals surface area contributed by atoms with Crippen LogP contribution < -0.4 is 10.6 Å². The van der Waals surface area contributed by atoms with Crippen LogP contribution in [0.5, 0.6) is 0 Å². The molecule has 2 N–H and O–H groups in total. The molecule has 1 heterocycles. The molecule has 0 spiro atoms. The normalized spacial score (nSPS) is 10.7. The van der Waals surface area contributed by atoms with Gasteiger partial charge in [0.25, 0.3) is 11.8 Å². The van der Waals surface area contributed by atoms with E-state index >= 15 is 0 Å². The zero-order valence-corrected chi connectivity index (χ0v) is 17.0. The maximum Gasteiger partial charge on any atom is 0.348 e. The van der Waals surface area contributed by atoms with Crippen LogP contribution in [-0.4, -0.2) is 30.9 Å². The van der Waals surface area contributed by atoms with E-state index in [0.29, 0.717) is 28.6 Å². The maximum atomic E-state index is 12.3. The number of ether oxygens (including phenoxy) is 1. The molecule has 2 amide bonds. The number of esters is 1. The highest BCUT2D eigenvalue weighted by Crippen LogP contribution is 2.25. The van der Waals surface area contributed by atoms with Crippen molar-refractivity contribution in [3.05, 3.63) is 65.0 Å². The van der Waals surface area contributed by atoms with Gasteiger partial charge < -0.3 is 15.4 Å². The molecule has 0 fully saturated rings. The Bertz CT molecular complexity index is 1010. The average Bonchev–Trinajstić information content (AvgIpc) is 3.15. The van der Waals surface area contributed by atoms with Crippen LogP contribution in [0.25, 0.3) is 10.1 Å². The topological polar surface area (TPSA) is 84.5 Å². The number of rotatable bonds is 7. The minimum absolute atomic E-state index is 0.267. The minimum atomic E-state index is -0.552. The van der Waals surface area contributed by atoms with Gasteiger partial charge in [0, 0.05) is 11.2 Å². The molecule has 0 aliphatic heterocycles. The van der Waals surface area contributed by atoms with Gasteiger partial charge in [0.05, 0.1) is 11.3 Å². The van der Waals surface area contributed by atoms with Gasteiger partial charge in [-0.25, -0.2) is 4.79 Å². The molecule has 0 aliphatic rings. The molecule has 0 radical (unpaired) electrons. The first kappa shape index (κ1) is 20.5. The van der Waals surface area contributed by atoms with Crippen molar-refractivity contribution in [3.8, 4) is 0 Å². The summed E-state index contributed by atoms with van der Waals surface area (Å²) in [6.07, 6.45) is 0. The van der Waals surface area contributed by atoms with Crippen molar-refractivity contribution >= 4 is 44.9 Å². The summed E-state index contributed by atoms with van der Waals surface area (Å²) in [7, 11) is 0. The number of hydrogen-bond acceptors (Lipinski definition) is 5. The predicted octanol–water partition coefficient (Wildman–Crippen LogP) is 4.08. The molecule has 0 bridgehead atoms. The predicted molar refractivity (Wildman–Crippen MR) is 114 cm³/mol. The van der Waals surface area contributed by atoms with Crippen LogP contribution in [0.1, 0.15) is 33.9 Å². The Labute approximate surface area is 172 Å². The lowest BCUT2D eigenvalue weighted by Gasteiger charge is -2.12. The zero-order chi connectivity index (χ0) is 20.8. The third-order valence-corrected chi connectivity index (χ3v) is 5.17. The van der Waals surface area contributed by atoms with E-state index in [1.807, 2.05) is 38.1 Å². The standard InChI is InChI=1S/C22H22N2O4S/c1-14(2)12-23-21(26)16-8-4-5-9-17(16)24-20(25)13-28-22(27)19-11-15-7-3-6-10-18(15)29-19/h3-11,14H,12-13H2,1-2H3,(H,23,26)(H,24,25). The monoisotopic (exact) mass is 410 g/mol. The van der Waals surface area contributed by atoms with Crippen LogP contribution in [-0.2, 0) is 9.53 Å². The van der Waals surface area contributed by atoms with Crippen molar-refractivity contribution in [1.82, 2.24) is 5.32 Å². The minimum Gasteiger partial charge on any atom is -0.451 e. The van der Waals surface area contributed by atoms with E-state index in [1.165, 1.54) is 11.3 Å². The SMILES string of the molecule is CC(C)CNC(=O)c1ccccc1NC(=O)COC(=O)c1cc2ccccc2s1. The molecule has 1 aromatic heterocycles. The van der Waals surface area contributed by atoms with E-state index in [2.05, 4.69) is 10.6 Å². The van der Waals surface area contributed by atoms with E-state index in [9.17, 15) is 14.4 Å². The molecular weight excluding hydrogens is 388 g/mol. The lowest BCUT2D eigenvalue weighted by Crippen LogP contribution is -2.29. The number of carbonyl (C=O) groups is 3. The first-order valence-corrected chi connectivity index (χ1v) is 10.1. The Balaban J connectivity index is 1.59. The van der Waals surface area contributed by atoms with Crippen molar-refractivity contribution in [1.29, 1.82) is 0 Å². The highest BCUT2D eigenvalue weighted by atomic mass is 32.1. The lowest BCUT2D eigenvalue weighted by atomic mass is 10.1. The number of anilines is 1. The lowest BCUT2D eigenvalue weighted by molar-refractivity contribution is -0.119.